The third kappa shape index (κ3) is 12.7. The first kappa shape index (κ1) is 20.2. The minimum atomic E-state index is -3.66. The molecule has 0 heterocycles. The molecule has 21 heavy (non-hydrogen) atoms. The monoisotopic (exact) mass is 344 g/mol. The normalized spacial score (nSPS) is 16.9. The van der Waals surface area contributed by atoms with Crippen LogP contribution in [0.25, 0.3) is 0 Å². The second-order valence-electron chi connectivity index (χ2n) is 4.14. The molecule has 0 bridgehead atoms. The van der Waals surface area contributed by atoms with Crippen molar-refractivity contribution in [3.8, 4) is 0 Å². The highest BCUT2D eigenvalue weighted by Crippen LogP contribution is 2.40. The Morgan fingerprint density at radius 1 is 0.857 bits per heavy atom. The van der Waals surface area contributed by atoms with Gasteiger partial charge in [-0.05, 0) is 0 Å². The van der Waals surface area contributed by atoms with Crippen LogP contribution in [0.4, 0.5) is 0 Å². The quantitative estimate of drug-likeness (QED) is 0.149. The SMILES string of the molecule is O=C(O)[CH]CP(=O)(O)CNCNCP(=O)(O)C[CH]C(=O)O. The van der Waals surface area contributed by atoms with Crippen LogP contribution in [-0.2, 0) is 18.7 Å². The topological polar surface area (TPSA) is 173 Å². The van der Waals surface area contributed by atoms with Gasteiger partial charge >= 0.3 is 11.9 Å². The first-order valence-electron chi connectivity index (χ1n) is 5.69. The predicted octanol–water partition coefficient (Wildman–Crippen LogP) is -0.843. The zero-order valence-corrected chi connectivity index (χ0v) is 12.8. The highest BCUT2D eigenvalue weighted by molar-refractivity contribution is 7.58. The van der Waals surface area contributed by atoms with Crippen LogP contribution in [0, 0.1) is 12.8 Å². The summed E-state index contributed by atoms with van der Waals surface area (Å²) in [6, 6.07) is 0. The summed E-state index contributed by atoms with van der Waals surface area (Å²) in [6.45, 7) is -0.0603. The Hall–Kier alpha value is -0.760. The Labute approximate surface area is 121 Å². The van der Waals surface area contributed by atoms with Crippen LogP contribution in [0.15, 0.2) is 0 Å². The van der Waals surface area contributed by atoms with Gasteiger partial charge in [0.2, 0.25) is 14.7 Å². The minimum Gasteiger partial charge on any atom is -0.481 e. The number of hydrogen-bond donors (Lipinski definition) is 6. The fourth-order valence-electron chi connectivity index (χ4n) is 1.12. The highest BCUT2D eigenvalue weighted by Gasteiger charge is 2.21. The van der Waals surface area contributed by atoms with Gasteiger partial charge in [0.15, 0.2) is 0 Å². The summed E-state index contributed by atoms with van der Waals surface area (Å²) in [5, 5.41) is 21.7. The van der Waals surface area contributed by atoms with Crippen molar-refractivity contribution in [1.82, 2.24) is 10.6 Å². The van der Waals surface area contributed by atoms with Gasteiger partial charge < -0.3 is 20.0 Å². The molecule has 0 fully saturated rings. The van der Waals surface area contributed by atoms with Crippen molar-refractivity contribution >= 4 is 26.7 Å². The molecule has 122 valence electrons. The molecular formula is C9H18N2O8P2. The van der Waals surface area contributed by atoms with Gasteiger partial charge in [0, 0.05) is 19.0 Å². The van der Waals surface area contributed by atoms with Crippen LogP contribution in [0.5, 0.6) is 0 Å². The van der Waals surface area contributed by atoms with Crippen molar-refractivity contribution in [3.05, 3.63) is 12.8 Å². The van der Waals surface area contributed by atoms with Crippen LogP contribution in [0.3, 0.4) is 0 Å². The average molecular weight is 344 g/mol. The Morgan fingerprint density at radius 2 is 1.19 bits per heavy atom. The molecule has 0 aliphatic heterocycles. The van der Waals surface area contributed by atoms with Crippen LogP contribution in [0.1, 0.15) is 0 Å². The molecule has 12 heteroatoms. The molecule has 2 atom stereocenters. The van der Waals surface area contributed by atoms with Crippen LogP contribution in [-0.4, -0.2) is 63.5 Å². The van der Waals surface area contributed by atoms with Gasteiger partial charge in [-0.2, -0.15) is 0 Å². The second-order valence-corrected chi connectivity index (χ2v) is 8.88. The number of carboxylic acid groups (broad SMARTS) is 2. The number of carbonyl (C=O) groups is 2. The Balaban J connectivity index is 3.85. The van der Waals surface area contributed by atoms with Crippen LogP contribution >= 0.6 is 14.7 Å². The molecule has 0 aromatic carbocycles. The summed E-state index contributed by atoms with van der Waals surface area (Å²) in [5.41, 5.74) is 0. The molecule has 0 rings (SSSR count). The van der Waals surface area contributed by atoms with E-state index >= 15 is 0 Å². The van der Waals surface area contributed by atoms with Gasteiger partial charge in [-0.1, -0.05) is 0 Å². The Kier molecular flexibility index (Phi) is 8.96. The van der Waals surface area contributed by atoms with E-state index in [-0.39, 0.29) is 19.2 Å². The lowest BCUT2D eigenvalue weighted by Crippen LogP contribution is -2.31. The van der Waals surface area contributed by atoms with E-state index in [9.17, 15) is 28.5 Å². The average Bonchev–Trinajstić information content (AvgIpc) is 2.34. The molecular weight excluding hydrogens is 326 g/mol. The van der Waals surface area contributed by atoms with Crippen molar-refractivity contribution in [2.75, 3.05) is 31.6 Å². The maximum Gasteiger partial charge on any atom is 0.307 e. The summed E-state index contributed by atoms with van der Waals surface area (Å²) < 4.78 is 22.9. The first-order chi connectivity index (χ1) is 9.54. The van der Waals surface area contributed by atoms with Gasteiger partial charge in [0.25, 0.3) is 0 Å². The van der Waals surface area contributed by atoms with Crippen LogP contribution < -0.4 is 10.6 Å². The van der Waals surface area contributed by atoms with E-state index in [1.807, 2.05) is 0 Å². The van der Waals surface area contributed by atoms with Crippen molar-refractivity contribution in [2.24, 2.45) is 0 Å². The van der Waals surface area contributed by atoms with Gasteiger partial charge in [-0.25, -0.2) is 0 Å². The summed E-state index contributed by atoms with van der Waals surface area (Å²) in [5.74, 6) is -2.59. The van der Waals surface area contributed by atoms with Crippen molar-refractivity contribution in [2.45, 2.75) is 0 Å². The highest BCUT2D eigenvalue weighted by atomic mass is 31.2. The van der Waals surface area contributed by atoms with E-state index in [1.165, 1.54) is 0 Å². The molecule has 10 nitrogen and oxygen atoms in total. The first-order valence-corrected chi connectivity index (χ1v) is 9.75. The molecule has 2 radical (unpaired) electrons. The zero-order chi connectivity index (χ0) is 16.5. The van der Waals surface area contributed by atoms with Gasteiger partial charge in [0.05, 0.1) is 25.4 Å². The smallest absolute Gasteiger partial charge is 0.307 e. The van der Waals surface area contributed by atoms with E-state index in [1.54, 1.807) is 0 Å². The lowest BCUT2D eigenvalue weighted by molar-refractivity contribution is -0.133. The maximum absolute atomic E-state index is 11.5. The number of aliphatic carboxylic acids is 2. The summed E-state index contributed by atoms with van der Waals surface area (Å²) in [6.07, 6.45) is -0.330. The fourth-order valence-corrected chi connectivity index (χ4v) is 3.18. The molecule has 6 N–H and O–H groups in total. The van der Waals surface area contributed by atoms with Gasteiger partial charge in [-0.15, -0.1) is 0 Å². The lowest BCUT2D eigenvalue weighted by Gasteiger charge is -2.14. The van der Waals surface area contributed by atoms with E-state index in [0.29, 0.717) is 12.8 Å². The van der Waals surface area contributed by atoms with Crippen LogP contribution in [0.2, 0.25) is 0 Å². The molecule has 0 aromatic rings. The second kappa shape index (κ2) is 9.30. The fraction of sp³-hybridized carbons (Fsp3) is 0.556. The molecule has 0 amide bonds. The summed E-state index contributed by atoms with van der Waals surface area (Å²) in [7, 11) is -7.31. The van der Waals surface area contributed by atoms with Crippen molar-refractivity contribution < 1.29 is 38.7 Å². The summed E-state index contributed by atoms with van der Waals surface area (Å²) >= 11 is 0. The number of hydrogen-bond acceptors (Lipinski definition) is 6. The number of carboxylic acids is 2. The third-order valence-corrected chi connectivity index (χ3v) is 5.01. The van der Waals surface area contributed by atoms with E-state index in [2.05, 4.69) is 10.6 Å². The molecule has 0 aliphatic rings. The van der Waals surface area contributed by atoms with Crippen molar-refractivity contribution in [3.63, 3.8) is 0 Å². The molecule has 0 saturated heterocycles. The van der Waals surface area contributed by atoms with E-state index in [4.69, 9.17) is 10.2 Å². The zero-order valence-electron chi connectivity index (χ0n) is 11.0. The Bertz CT molecular complexity index is 415. The molecule has 0 aliphatic carbocycles. The lowest BCUT2D eigenvalue weighted by atomic mass is 10.5. The number of rotatable bonds is 12. The molecule has 0 saturated carbocycles. The number of nitrogens with one attached hydrogen (secondary N) is 2. The minimum absolute atomic E-state index is 0.0603. The van der Waals surface area contributed by atoms with Crippen molar-refractivity contribution in [1.29, 1.82) is 0 Å². The van der Waals surface area contributed by atoms with E-state index < -0.39 is 39.0 Å². The predicted molar refractivity (Wildman–Crippen MR) is 74.1 cm³/mol. The third-order valence-electron chi connectivity index (χ3n) is 2.07. The van der Waals surface area contributed by atoms with Gasteiger partial charge in [-0.3, -0.25) is 29.4 Å². The molecule has 0 aromatic heterocycles. The maximum atomic E-state index is 11.5. The standard InChI is InChI=1S/C9H18N2O8P2/c12-8(13)1-3-20(16,17)6-10-5-11-7-21(18,19)4-2-9(14)15/h1-2,10-11H,3-7H2,(H,12,13)(H,14,15)(H,16,17)(H,18,19). The Morgan fingerprint density at radius 3 is 1.48 bits per heavy atom. The largest absolute Gasteiger partial charge is 0.481 e. The van der Waals surface area contributed by atoms with E-state index in [0.717, 1.165) is 0 Å². The molecule has 0 spiro atoms. The molecule has 2 unspecified atom stereocenters. The van der Waals surface area contributed by atoms with Gasteiger partial charge in [0.1, 0.15) is 0 Å². The summed E-state index contributed by atoms with van der Waals surface area (Å²) in [4.78, 5) is 39.2.